The molecule has 19 heavy (non-hydrogen) atoms. The Bertz CT molecular complexity index is 509. The molecule has 2 N–H and O–H groups in total. The maximum atomic E-state index is 12.1. The first-order valence-electron chi connectivity index (χ1n) is 5.15. The first-order valence-corrected chi connectivity index (χ1v) is 5.15. The monoisotopic (exact) mass is 271 g/mol. The number of hydrogen-bond acceptors (Lipinski definition) is 4. The average molecular weight is 271 g/mol. The molecule has 1 heterocycles. The standard InChI is InChI=1S/C12H12F3N3O/c1-3-5-8(4-2)9-6-17-10(16)11(18-9)19-7-12(13,14)15/h3-6H,1-2,7H2,(H2,16,17)/b8-5+. The molecule has 0 atom stereocenters. The van der Waals surface area contributed by atoms with Gasteiger partial charge in [-0.2, -0.15) is 13.2 Å². The van der Waals surface area contributed by atoms with Crippen molar-refractivity contribution in [1.82, 2.24) is 9.97 Å². The molecule has 0 saturated carbocycles. The zero-order valence-corrected chi connectivity index (χ0v) is 9.94. The van der Waals surface area contributed by atoms with Gasteiger partial charge in [-0.1, -0.05) is 31.4 Å². The minimum absolute atomic E-state index is 0.213. The molecule has 0 spiro atoms. The van der Waals surface area contributed by atoms with Crippen LogP contribution in [0.1, 0.15) is 5.69 Å². The predicted molar refractivity (Wildman–Crippen MR) is 66.4 cm³/mol. The molecule has 0 aromatic carbocycles. The van der Waals surface area contributed by atoms with E-state index >= 15 is 0 Å². The summed E-state index contributed by atoms with van der Waals surface area (Å²) in [4.78, 5) is 7.60. The Morgan fingerprint density at radius 2 is 2.11 bits per heavy atom. The predicted octanol–water partition coefficient (Wildman–Crippen LogP) is 2.76. The number of anilines is 1. The van der Waals surface area contributed by atoms with Crippen molar-refractivity contribution < 1.29 is 17.9 Å². The van der Waals surface area contributed by atoms with Crippen molar-refractivity contribution in [3.63, 3.8) is 0 Å². The van der Waals surface area contributed by atoms with Crippen molar-refractivity contribution in [2.75, 3.05) is 12.3 Å². The molecular weight excluding hydrogens is 259 g/mol. The highest BCUT2D eigenvalue weighted by Crippen LogP contribution is 2.23. The van der Waals surface area contributed by atoms with E-state index in [-0.39, 0.29) is 11.7 Å². The van der Waals surface area contributed by atoms with Crippen LogP contribution in [0, 0.1) is 0 Å². The average Bonchev–Trinajstić information content (AvgIpc) is 2.34. The molecular formula is C12H12F3N3O. The van der Waals surface area contributed by atoms with Crippen LogP contribution < -0.4 is 10.5 Å². The van der Waals surface area contributed by atoms with Gasteiger partial charge in [-0.3, -0.25) is 0 Å². The van der Waals surface area contributed by atoms with Crippen LogP contribution in [0.2, 0.25) is 0 Å². The third kappa shape index (κ3) is 4.46. The van der Waals surface area contributed by atoms with Gasteiger partial charge in [0.05, 0.1) is 11.9 Å². The summed E-state index contributed by atoms with van der Waals surface area (Å²) in [5, 5.41) is 0. The molecule has 1 aromatic rings. The molecule has 102 valence electrons. The fourth-order valence-corrected chi connectivity index (χ4v) is 1.16. The summed E-state index contributed by atoms with van der Waals surface area (Å²) in [5.41, 5.74) is 6.24. The van der Waals surface area contributed by atoms with Crippen LogP contribution in [0.4, 0.5) is 19.0 Å². The highest BCUT2D eigenvalue weighted by molar-refractivity contribution is 5.72. The van der Waals surface area contributed by atoms with Crippen LogP contribution >= 0.6 is 0 Å². The van der Waals surface area contributed by atoms with Crippen molar-refractivity contribution in [2.24, 2.45) is 0 Å². The summed E-state index contributed by atoms with van der Waals surface area (Å²) < 4.78 is 40.7. The number of hydrogen-bond donors (Lipinski definition) is 1. The molecule has 0 bridgehead atoms. The number of nitrogens with zero attached hydrogens (tertiary/aromatic N) is 2. The van der Waals surface area contributed by atoms with Crippen LogP contribution in [-0.4, -0.2) is 22.8 Å². The third-order valence-electron chi connectivity index (χ3n) is 1.95. The first kappa shape index (κ1) is 14.7. The Morgan fingerprint density at radius 3 is 2.63 bits per heavy atom. The lowest BCUT2D eigenvalue weighted by molar-refractivity contribution is -0.154. The largest absolute Gasteiger partial charge is 0.465 e. The molecule has 4 nitrogen and oxygen atoms in total. The van der Waals surface area contributed by atoms with Gasteiger partial charge in [0.2, 0.25) is 0 Å². The molecule has 1 rings (SSSR count). The summed E-state index contributed by atoms with van der Waals surface area (Å²) in [5.74, 6) is -0.582. The maximum absolute atomic E-state index is 12.1. The van der Waals surface area contributed by atoms with E-state index < -0.39 is 12.8 Å². The molecule has 7 heteroatoms. The van der Waals surface area contributed by atoms with Gasteiger partial charge in [0.1, 0.15) is 0 Å². The van der Waals surface area contributed by atoms with Crippen LogP contribution in [0.25, 0.3) is 5.57 Å². The number of alkyl halides is 3. The highest BCUT2D eigenvalue weighted by atomic mass is 19.4. The molecule has 0 amide bonds. The maximum Gasteiger partial charge on any atom is 0.422 e. The van der Waals surface area contributed by atoms with Gasteiger partial charge in [-0.05, 0) is 0 Å². The van der Waals surface area contributed by atoms with Crippen molar-refractivity contribution in [3.05, 3.63) is 43.3 Å². The van der Waals surface area contributed by atoms with Gasteiger partial charge in [0.15, 0.2) is 12.4 Å². The fourth-order valence-electron chi connectivity index (χ4n) is 1.16. The van der Waals surface area contributed by atoms with E-state index in [4.69, 9.17) is 5.73 Å². The molecule has 0 unspecified atom stereocenters. The number of allylic oxidation sites excluding steroid dienone is 4. The van der Waals surface area contributed by atoms with E-state index in [1.54, 1.807) is 6.08 Å². The van der Waals surface area contributed by atoms with Gasteiger partial charge >= 0.3 is 6.18 Å². The number of rotatable bonds is 5. The van der Waals surface area contributed by atoms with Crippen LogP contribution in [0.3, 0.4) is 0 Å². The summed E-state index contributed by atoms with van der Waals surface area (Å²) in [6.45, 7) is 5.58. The van der Waals surface area contributed by atoms with Crippen molar-refractivity contribution in [2.45, 2.75) is 6.18 Å². The minimum atomic E-state index is -4.47. The first-order chi connectivity index (χ1) is 8.87. The normalized spacial score (nSPS) is 12.1. The molecule has 0 fully saturated rings. The Labute approximate surface area is 108 Å². The van der Waals surface area contributed by atoms with Crippen molar-refractivity contribution in [3.8, 4) is 5.88 Å². The minimum Gasteiger partial charge on any atom is -0.465 e. The highest BCUT2D eigenvalue weighted by Gasteiger charge is 2.29. The molecule has 0 saturated heterocycles. The topological polar surface area (TPSA) is 61.0 Å². The van der Waals surface area contributed by atoms with Crippen LogP contribution in [-0.2, 0) is 0 Å². The zero-order valence-electron chi connectivity index (χ0n) is 9.94. The van der Waals surface area contributed by atoms with Gasteiger partial charge in [-0.25, -0.2) is 9.97 Å². The van der Waals surface area contributed by atoms with Gasteiger partial charge in [-0.15, -0.1) is 0 Å². The Balaban J connectivity index is 3.03. The number of ether oxygens (including phenoxy) is 1. The SMILES string of the molecule is C=C/C=C(\C=C)c1cnc(N)c(OCC(F)(F)F)n1. The van der Waals surface area contributed by atoms with Gasteiger partial charge < -0.3 is 10.5 Å². The quantitative estimate of drug-likeness (QED) is 0.836. The van der Waals surface area contributed by atoms with E-state index in [0.717, 1.165) is 0 Å². The van der Waals surface area contributed by atoms with E-state index in [2.05, 4.69) is 27.9 Å². The smallest absolute Gasteiger partial charge is 0.422 e. The van der Waals surface area contributed by atoms with E-state index in [1.165, 1.54) is 18.3 Å². The van der Waals surface area contributed by atoms with E-state index in [9.17, 15) is 13.2 Å². The van der Waals surface area contributed by atoms with Crippen molar-refractivity contribution >= 4 is 11.4 Å². The molecule has 1 aromatic heterocycles. The van der Waals surface area contributed by atoms with Gasteiger partial charge in [0.25, 0.3) is 5.88 Å². The summed E-state index contributed by atoms with van der Waals surface area (Å²) in [7, 11) is 0. The lowest BCUT2D eigenvalue weighted by Gasteiger charge is -2.10. The second kappa shape index (κ2) is 6.03. The van der Waals surface area contributed by atoms with Crippen LogP contribution in [0.15, 0.2) is 37.6 Å². The lowest BCUT2D eigenvalue weighted by Crippen LogP contribution is -2.20. The number of halogens is 3. The van der Waals surface area contributed by atoms with E-state index in [1.807, 2.05) is 0 Å². The Hall–Kier alpha value is -2.31. The van der Waals surface area contributed by atoms with E-state index in [0.29, 0.717) is 11.3 Å². The molecule has 0 aliphatic carbocycles. The lowest BCUT2D eigenvalue weighted by atomic mass is 10.2. The molecule has 0 aliphatic heterocycles. The van der Waals surface area contributed by atoms with Gasteiger partial charge in [0, 0.05) is 5.57 Å². The Kier molecular flexibility index (Phi) is 4.68. The third-order valence-corrected chi connectivity index (χ3v) is 1.95. The second-order valence-electron chi connectivity index (χ2n) is 3.41. The number of nitrogens with two attached hydrogens (primary N) is 1. The summed E-state index contributed by atoms with van der Waals surface area (Å²) in [6.07, 6.45) is 1.39. The Morgan fingerprint density at radius 1 is 1.42 bits per heavy atom. The fraction of sp³-hybridized carbons (Fsp3) is 0.167. The second-order valence-corrected chi connectivity index (χ2v) is 3.41. The molecule has 0 aliphatic rings. The number of aromatic nitrogens is 2. The van der Waals surface area contributed by atoms with Crippen molar-refractivity contribution in [1.29, 1.82) is 0 Å². The van der Waals surface area contributed by atoms with Crippen LogP contribution in [0.5, 0.6) is 5.88 Å². The molecule has 0 radical (unpaired) electrons. The number of nitrogen functional groups attached to an aromatic ring is 1. The summed E-state index contributed by atoms with van der Waals surface area (Å²) >= 11 is 0. The zero-order chi connectivity index (χ0) is 14.5. The summed E-state index contributed by atoms with van der Waals surface area (Å²) in [6, 6.07) is 0.